The quantitative estimate of drug-likeness (QED) is 0.762. The van der Waals surface area contributed by atoms with Crippen molar-refractivity contribution in [2.24, 2.45) is 0 Å². The molecule has 0 saturated heterocycles. The molecule has 1 N–H and O–H groups in total. The first-order chi connectivity index (χ1) is 10.2. The maximum absolute atomic E-state index is 13.4. The molecule has 0 atom stereocenters. The van der Waals surface area contributed by atoms with Gasteiger partial charge in [-0.2, -0.15) is 0 Å². The highest BCUT2D eigenvalue weighted by Crippen LogP contribution is 2.25. The van der Waals surface area contributed by atoms with Gasteiger partial charge in [0.25, 0.3) is 0 Å². The van der Waals surface area contributed by atoms with Gasteiger partial charge >= 0.3 is 0 Å². The molecule has 0 radical (unpaired) electrons. The second-order valence-corrected chi connectivity index (χ2v) is 5.93. The fourth-order valence-corrected chi connectivity index (χ4v) is 2.86. The van der Waals surface area contributed by atoms with Gasteiger partial charge in [-0.3, -0.25) is 0 Å². The topological polar surface area (TPSA) is 47.0 Å². The fraction of sp³-hybridized carbons (Fsp3) is 0.467. The van der Waals surface area contributed by atoms with Gasteiger partial charge in [-0.15, -0.1) is 10.2 Å². The third-order valence-corrected chi connectivity index (χ3v) is 4.02. The Balaban J connectivity index is 1.86. The Morgan fingerprint density at radius 3 is 2.86 bits per heavy atom. The maximum atomic E-state index is 13.4. The average molecular weight is 309 g/mol. The number of aryl methyl sites for hydroxylation is 2. The van der Waals surface area contributed by atoms with Gasteiger partial charge in [0.2, 0.25) is 0 Å². The van der Waals surface area contributed by atoms with Gasteiger partial charge in [0, 0.05) is 25.6 Å². The molecule has 0 aliphatic heterocycles. The first-order valence-electron chi connectivity index (χ1n) is 6.98. The first kappa shape index (κ1) is 16.0. The lowest BCUT2D eigenvalue weighted by Gasteiger charge is -2.01. The number of hydrogen-bond donors (Lipinski definition) is 1. The molecule has 0 saturated carbocycles. The molecule has 1 heterocycles. The SMILES string of the molecule is COCCNCCCc1nnc(-c2cc(C)cc(F)c2)s1. The molecule has 0 fully saturated rings. The van der Waals surface area contributed by atoms with Gasteiger partial charge in [0.15, 0.2) is 0 Å². The summed E-state index contributed by atoms with van der Waals surface area (Å²) >= 11 is 1.53. The van der Waals surface area contributed by atoms with E-state index in [1.54, 1.807) is 7.11 Å². The summed E-state index contributed by atoms with van der Waals surface area (Å²) in [4.78, 5) is 0. The Kier molecular flexibility index (Phi) is 6.22. The summed E-state index contributed by atoms with van der Waals surface area (Å²) < 4.78 is 18.4. The van der Waals surface area contributed by atoms with Crippen LogP contribution in [0.15, 0.2) is 18.2 Å². The summed E-state index contributed by atoms with van der Waals surface area (Å²) in [5.74, 6) is -0.232. The number of rotatable bonds is 8. The Hall–Kier alpha value is -1.37. The summed E-state index contributed by atoms with van der Waals surface area (Å²) in [7, 11) is 1.69. The first-order valence-corrected chi connectivity index (χ1v) is 7.80. The van der Waals surface area contributed by atoms with Crippen LogP contribution < -0.4 is 5.32 Å². The molecule has 0 bridgehead atoms. The number of nitrogens with one attached hydrogen (secondary N) is 1. The highest BCUT2D eigenvalue weighted by molar-refractivity contribution is 7.14. The molecule has 0 unspecified atom stereocenters. The molecule has 2 aromatic rings. The van der Waals surface area contributed by atoms with E-state index in [2.05, 4.69) is 15.5 Å². The van der Waals surface area contributed by atoms with E-state index >= 15 is 0 Å². The van der Waals surface area contributed by atoms with Crippen molar-refractivity contribution in [1.82, 2.24) is 15.5 Å². The third kappa shape index (κ3) is 5.15. The lowest BCUT2D eigenvalue weighted by Crippen LogP contribution is -2.20. The van der Waals surface area contributed by atoms with E-state index in [9.17, 15) is 4.39 Å². The average Bonchev–Trinajstić information content (AvgIpc) is 2.90. The summed E-state index contributed by atoms with van der Waals surface area (Å²) in [5.41, 5.74) is 1.69. The van der Waals surface area contributed by atoms with E-state index in [4.69, 9.17) is 4.74 Å². The Bertz CT molecular complexity index is 554. The molecule has 6 heteroatoms. The maximum Gasteiger partial charge on any atom is 0.147 e. The van der Waals surface area contributed by atoms with Gasteiger partial charge in [-0.25, -0.2) is 4.39 Å². The van der Waals surface area contributed by atoms with Crippen LogP contribution in [0.25, 0.3) is 10.6 Å². The molecule has 1 aromatic heterocycles. The Labute approximate surface area is 128 Å². The molecule has 1 aromatic carbocycles. The highest BCUT2D eigenvalue weighted by atomic mass is 32.1. The van der Waals surface area contributed by atoms with Crippen molar-refractivity contribution in [1.29, 1.82) is 0 Å². The molecule has 0 aliphatic rings. The van der Waals surface area contributed by atoms with Crippen LogP contribution in [-0.4, -0.2) is 37.0 Å². The van der Waals surface area contributed by atoms with Crippen molar-refractivity contribution >= 4 is 11.3 Å². The van der Waals surface area contributed by atoms with E-state index in [1.165, 1.54) is 23.5 Å². The predicted molar refractivity (Wildman–Crippen MR) is 83.1 cm³/mol. The minimum atomic E-state index is -0.232. The van der Waals surface area contributed by atoms with E-state index in [-0.39, 0.29) is 5.82 Å². The normalized spacial score (nSPS) is 11.0. The summed E-state index contributed by atoms with van der Waals surface area (Å²) in [6.07, 6.45) is 1.88. The number of methoxy groups -OCH3 is 1. The second kappa shape index (κ2) is 8.17. The summed E-state index contributed by atoms with van der Waals surface area (Å²) in [6, 6.07) is 4.94. The minimum Gasteiger partial charge on any atom is -0.383 e. The zero-order chi connectivity index (χ0) is 15.1. The van der Waals surface area contributed by atoms with E-state index in [0.717, 1.165) is 53.7 Å². The molecule has 2 rings (SSSR count). The van der Waals surface area contributed by atoms with Crippen molar-refractivity contribution in [2.75, 3.05) is 26.8 Å². The number of ether oxygens (including phenoxy) is 1. The summed E-state index contributed by atoms with van der Waals surface area (Å²) in [6.45, 7) is 4.39. The fourth-order valence-electron chi connectivity index (χ4n) is 1.99. The van der Waals surface area contributed by atoms with Crippen LogP contribution in [0.1, 0.15) is 17.0 Å². The molecule has 21 heavy (non-hydrogen) atoms. The smallest absolute Gasteiger partial charge is 0.147 e. The molecule has 114 valence electrons. The van der Waals surface area contributed by atoms with Crippen LogP contribution in [0.4, 0.5) is 4.39 Å². The number of hydrogen-bond acceptors (Lipinski definition) is 5. The van der Waals surface area contributed by atoms with Crippen LogP contribution in [0.3, 0.4) is 0 Å². The monoisotopic (exact) mass is 309 g/mol. The van der Waals surface area contributed by atoms with Gasteiger partial charge in [0.05, 0.1) is 6.61 Å². The molecule has 0 spiro atoms. The zero-order valence-electron chi connectivity index (χ0n) is 12.4. The van der Waals surface area contributed by atoms with Gasteiger partial charge in [-0.05, 0) is 43.7 Å². The summed E-state index contributed by atoms with van der Waals surface area (Å²) in [5, 5.41) is 13.4. The van der Waals surface area contributed by atoms with Crippen LogP contribution in [0.2, 0.25) is 0 Å². The highest BCUT2D eigenvalue weighted by Gasteiger charge is 2.08. The lowest BCUT2D eigenvalue weighted by atomic mass is 10.1. The van der Waals surface area contributed by atoms with E-state index in [1.807, 2.05) is 13.0 Å². The molecular weight excluding hydrogens is 289 g/mol. The van der Waals surface area contributed by atoms with Crippen LogP contribution in [0.5, 0.6) is 0 Å². The van der Waals surface area contributed by atoms with Crippen LogP contribution in [0, 0.1) is 12.7 Å². The zero-order valence-corrected chi connectivity index (χ0v) is 13.2. The van der Waals surface area contributed by atoms with Gasteiger partial charge < -0.3 is 10.1 Å². The molecule has 0 amide bonds. The number of benzene rings is 1. The van der Waals surface area contributed by atoms with Crippen LogP contribution in [-0.2, 0) is 11.2 Å². The van der Waals surface area contributed by atoms with Crippen molar-refractivity contribution < 1.29 is 9.13 Å². The van der Waals surface area contributed by atoms with Crippen molar-refractivity contribution in [3.63, 3.8) is 0 Å². The minimum absolute atomic E-state index is 0.232. The standard InChI is InChI=1S/C15H20FN3OS/c1-11-8-12(10-13(16)9-11)15-19-18-14(21-15)4-3-5-17-6-7-20-2/h8-10,17H,3-7H2,1-2H3. The number of aromatic nitrogens is 2. The third-order valence-electron chi connectivity index (χ3n) is 2.98. The van der Waals surface area contributed by atoms with Gasteiger partial charge in [-0.1, -0.05) is 11.3 Å². The van der Waals surface area contributed by atoms with E-state index in [0.29, 0.717) is 0 Å². The van der Waals surface area contributed by atoms with Crippen LogP contribution >= 0.6 is 11.3 Å². The predicted octanol–water partition coefficient (Wildman–Crippen LogP) is 2.82. The van der Waals surface area contributed by atoms with Crippen molar-refractivity contribution in [2.45, 2.75) is 19.8 Å². The number of halogens is 1. The molecule has 4 nitrogen and oxygen atoms in total. The Morgan fingerprint density at radius 2 is 2.10 bits per heavy atom. The largest absolute Gasteiger partial charge is 0.383 e. The lowest BCUT2D eigenvalue weighted by molar-refractivity contribution is 0.199. The number of nitrogens with zero attached hydrogens (tertiary/aromatic N) is 2. The Morgan fingerprint density at radius 1 is 1.24 bits per heavy atom. The van der Waals surface area contributed by atoms with Gasteiger partial charge in [0.1, 0.15) is 15.8 Å². The van der Waals surface area contributed by atoms with Crippen molar-refractivity contribution in [3.8, 4) is 10.6 Å². The van der Waals surface area contributed by atoms with E-state index < -0.39 is 0 Å². The second-order valence-electron chi connectivity index (χ2n) is 4.86. The molecule has 0 aliphatic carbocycles. The molecular formula is C15H20FN3OS. The van der Waals surface area contributed by atoms with Crippen molar-refractivity contribution in [3.05, 3.63) is 34.6 Å².